The third-order valence-electron chi connectivity index (χ3n) is 2.29. The molecule has 0 atom stereocenters. The van der Waals surface area contributed by atoms with Gasteiger partial charge in [-0.3, -0.25) is 0 Å². The summed E-state index contributed by atoms with van der Waals surface area (Å²) in [5.74, 6) is -1.06. The zero-order valence-corrected chi connectivity index (χ0v) is 11.2. The van der Waals surface area contributed by atoms with Gasteiger partial charge in [0.05, 0.1) is 52.4 Å². The van der Waals surface area contributed by atoms with E-state index in [1.54, 1.807) is 0 Å². The van der Waals surface area contributed by atoms with Crippen LogP contribution in [-0.4, -0.2) is 72.3 Å². The molecular weight excluding hydrogens is 268 g/mol. The van der Waals surface area contributed by atoms with Gasteiger partial charge in [-0.25, -0.2) is 9.48 Å². The molecule has 0 bridgehead atoms. The van der Waals surface area contributed by atoms with E-state index < -0.39 is 5.97 Å². The minimum absolute atomic E-state index is 0.0434. The molecule has 0 aliphatic carbocycles. The Kier molecular flexibility index (Phi) is 8.47. The predicted octanol–water partition coefficient (Wildman–Crippen LogP) is -1.02. The van der Waals surface area contributed by atoms with Crippen molar-refractivity contribution in [3.05, 3.63) is 11.9 Å². The van der Waals surface area contributed by atoms with Crippen molar-refractivity contribution in [1.29, 1.82) is 0 Å². The number of ether oxygens (including phenoxy) is 3. The Morgan fingerprint density at radius 1 is 1.15 bits per heavy atom. The maximum Gasteiger partial charge on any atom is 0.355 e. The van der Waals surface area contributed by atoms with Crippen molar-refractivity contribution in [3.8, 4) is 0 Å². The smallest absolute Gasteiger partial charge is 0.355 e. The van der Waals surface area contributed by atoms with Gasteiger partial charge in [0.2, 0.25) is 0 Å². The van der Waals surface area contributed by atoms with Crippen molar-refractivity contribution in [2.75, 3.05) is 46.2 Å². The Bertz CT molecular complexity index is 385. The molecule has 0 aliphatic rings. The minimum atomic E-state index is -1.06. The van der Waals surface area contributed by atoms with Gasteiger partial charge in [0.25, 0.3) is 0 Å². The highest BCUT2D eigenvalue weighted by Crippen LogP contribution is 1.96. The molecular formula is C11H20N4O5. The highest BCUT2D eigenvalue weighted by molar-refractivity contribution is 5.85. The van der Waals surface area contributed by atoms with Gasteiger partial charge >= 0.3 is 5.97 Å². The van der Waals surface area contributed by atoms with Gasteiger partial charge in [0.15, 0.2) is 5.69 Å². The van der Waals surface area contributed by atoms with E-state index in [0.717, 1.165) is 0 Å². The van der Waals surface area contributed by atoms with Crippen LogP contribution >= 0.6 is 0 Å². The molecule has 3 N–H and O–H groups in total. The fourth-order valence-electron chi connectivity index (χ4n) is 1.36. The van der Waals surface area contributed by atoms with Gasteiger partial charge in [-0.1, -0.05) is 5.21 Å². The molecule has 0 saturated carbocycles. The first-order valence-corrected chi connectivity index (χ1v) is 6.30. The second-order valence-electron chi connectivity index (χ2n) is 3.77. The van der Waals surface area contributed by atoms with Gasteiger partial charge < -0.3 is 25.1 Å². The van der Waals surface area contributed by atoms with Crippen LogP contribution in [0.1, 0.15) is 10.5 Å². The van der Waals surface area contributed by atoms with Crippen LogP contribution in [0.5, 0.6) is 0 Å². The summed E-state index contributed by atoms with van der Waals surface area (Å²) in [6.45, 7) is 3.60. The fraction of sp³-hybridized carbons (Fsp3) is 0.727. The number of rotatable bonds is 12. The first kappa shape index (κ1) is 16.5. The molecule has 1 heterocycles. The van der Waals surface area contributed by atoms with Crippen LogP contribution in [0.2, 0.25) is 0 Å². The predicted molar refractivity (Wildman–Crippen MR) is 68.5 cm³/mol. The number of aromatic carboxylic acids is 1. The molecule has 114 valence electrons. The van der Waals surface area contributed by atoms with Crippen LogP contribution in [-0.2, 0) is 20.8 Å². The summed E-state index contributed by atoms with van der Waals surface area (Å²) in [7, 11) is 0. The maximum absolute atomic E-state index is 10.8. The maximum atomic E-state index is 10.8. The van der Waals surface area contributed by atoms with Crippen molar-refractivity contribution in [1.82, 2.24) is 15.0 Å². The molecule has 0 unspecified atom stereocenters. The second kappa shape index (κ2) is 10.3. The standard InChI is InChI=1S/C11H20N4O5/c12-1-3-18-5-7-20-8-6-19-4-2-15-10(11(16)17)9-13-14-15/h9H,1-8,12H2,(H,16,17). The lowest BCUT2D eigenvalue weighted by Gasteiger charge is -2.07. The van der Waals surface area contributed by atoms with E-state index in [-0.39, 0.29) is 5.69 Å². The van der Waals surface area contributed by atoms with E-state index in [1.165, 1.54) is 10.9 Å². The molecule has 0 fully saturated rings. The number of hydrogen-bond acceptors (Lipinski definition) is 7. The van der Waals surface area contributed by atoms with Crippen LogP contribution in [0.4, 0.5) is 0 Å². The Balaban J connectivity index is 1.97. The number of carbonyl (C=O) groups is 1. The molecule has 0 saturated heterocycles. The first-order chi connectivity index (χ1) is 9.75. The summed E-state index contributed by atoms with van der Waals surface area (Å²) in [6.07, 6.45) is 1.20. The van der Waals surface area contributed by atoms with E-state index >= 15 is 0 Å². The molecule has 0 amide bonds. The van der Waals surface area contributed by atoms with Crippen LogP contribution < -0.4 is 5.73 Å². The largest absolute Gasteiger partial charge is 0.476 e. The third-order valence-corrected chi connectivity index (χ3v) is 2.29. The molecule has 1 aromatic heterocycles. The number of carboxylic acids is 1. The van der Waals surface area contributed by atoms with Crippen LogP contribution in [0.15, 0.2) is 6.20 Å². The quantitative estimate of drug-likeness (QED) is 0.469. The van der Waals surface area contributed by atoms with Crippen molar-refractivity contribution in [3.63, 3.8) is 0 Å². The van der Waals surface area contributed by atoms with E-state index in [4.69, 9.17) is 25.1 Å². The molecule has 1 aromatic rings. The molecule has 9 heteroatoms. The van der Waals surface area contributed by atoms with Crippen LogP contribution in [0.25, 0.3) is 0 Å². The van der Waals surface area contributed by atoms with Gasteiger partial charge in [-0.2, -0.15) is 0 Å². The minimum Gasteiger partial charge on any atom is -0.476 e. The number of carboxylic acid groups (broad SMARTS) is 1. The summed E-state index contributed by atoms with van der Waals surface area (Å²) >= 11 is 0. The van der Waals surface area contributed by atoms with E-state index in [2.05, 4.69) is 10.3 Å². The molecule has 1 rings (SSSR count). The Hall–Kier alpha value is -1.55. The number of hydrogen-bond donors (Lipinski definition) is 2. The molecule has 0 spiro atoms. The number of aromatic nitrogens is 3. The van der Waals surface area contributed by atoms with E-state index in [0.29, 0.717) is 52.7 Å². The van der Waals surface area contributed by atoms with Crippen molar-refractivity contribution >= 4 is 5.97 Å². The van der Waals surface area contributed by atoms with E-state index in [9.17, 15) is 4.79 Å². The topological polar surface area (TPSA) is 122 Å². The fourth-order valence-corrected chi connectivity index (χ4v) is 1.36. The molecule has 0 radical (unpaired) electrons. The first-order valence-electron chi connectivity index (χ1n) is 6.30. The monoisotopic (exact) mass is 288 g/mol. The Labute approximate surface area is 116 Å². The summed E-state index contributed by atoms with van der Waals surface area (Å²) in [6, 6.07) is 0. The highest BCUT2D eigenvalue weighted by Gasteiger charge is 2.10. The van der Waals surface area contributed by atoms with Gasteiger partial charge in [-0.05, 0) is 0 Å². The van der Waals surface area contributed by atoms with E-state index in [1.807, 2.05) is 0 Å². The Morgan fingerprint density at radius 3 is 2.35 bits per heavy atom. The number of nitrogens with zero attached hydrogens (tertiary/aromatic N) is 3. The van der Waals surface area contributed by atoms with Crippen LogP contribution in [0, 0.1) is 0 Å². The number of nitrogens with two attached hydrogens (primary N) is 1. The van der Waals surface area contributed by atoms with Crippen LogP contribution in [0.3, 0.4) is 0 Å². The third kappa shape index (κ3) is 6.57. The van der Waals surface area contributed by atoms with Crippen molar-refractivity contribution < 1.29 is 24.1 Å². The van der Waals surface area contributed by atoms with Gasteiger partial charge in [0, 0.05) is 6.54 Å². The average molecular weight is 288 g/mol. The lowest BCUT2D eigenvalue weighted by atomic mass is 10.5. The SMILES string of the molecule is NCCOCCOCCOCCn1nncc1C(=O)O. The molecule has 9 nitrogen and oxygen atoms in total. The van der Waals surface area contributed by atoms with Crippen molar-refractivity contribution in [2.24, 2.45) is 5.73 Å². The lowest BCUT2D eigenvalue weighted by Crippen LogP contribution is -2.16. The average Bonchev–Trinajstić information content (AvgIpc) is 2.89. The summed E-state index contributed by atoms with van der Waals surface area (Å²) in [5, 5.41) is 16.0. The summed E-state index contributed by atoms with van der Waals surface area (Å²) < 4.78 is 17.0. The summed E-state index contributed by atoms with van der Waals surface area (Å²) in [5.41, 5.74) is 5.30. The molecule has 0 aromatic carbocycles. The van der Waals surface area contributed by atoms with Gasteiger partial charge in [0.1, 0.15) is 0 Å². The van der Waals surface area contributed by atoms with Crippen molar-refractivity contribution in [2.45, 2.75) is 6.54 Å². The zero-order valence-electron chi connectivity index (χ0n) is 11.2. The second-order valence-corrected chi connectivity index (χ2v) is 3.77. The molecule has 20 heavy (non-hydrogen) atoms. The lowest BCUT2D eigenvalue weighted by molar-refractivity contribution is 0.0139. The highest BCUT2D eigenvalue weighted by atomic mass is 16.5. The summed E-state index contributed by atoms with van der Waals surface area (Å²) in [4.78, 5) is 10.8. The van der Waals surface area contributed by atoms with Gasteiger partial charge in [-0.15, -0.1) is 5.10 Å². The normalized spacial score (nSPS) is 10.8. The molecule has 0 aliphatic heterocycles. The Morgan fingerprint density at radius 2 is 1.75 bits per heavy atom. The zero-order chi connectivity index (χ0) is 14.6.